The summed E-state index contributed by atoms with van der Waals surface area (Å²) in [7, 11) is 3.55. The Morgan fingerprint density at radius 2 is 2.00 bits per heavy atom. The molecule has 0 aliphatic carbocycles. The van der Waals surface area contributed by atoms with Crippen molar-refractivity contribution in [2.75, 3.05) is 7.05 Å². The molecule has 0 radical (unpaired) electrons. The van der Waals surface area contributed by atoms with E-state index in [1.54, 1.807) is 40.8 Å². The minimum absolute atomic E-state index is 0.0857. The van der Waals surface area contributed by atoms with Crippen molar-refractivity contribution in [3.63, 3.8) is 0 Å². The van der Waals surface area contributed by atoms with Crippen LogP contribution in [0.5, 0.6) is 0 Å². The fourth-order valence-corrected chi connectivity index (χ4v) is 3.01. The van der Waals surface area contributed by atoms with Crippen molar-refractivity contribution < 1.29 is 4.79 Å². The Kier molecular flexibility index (Phi) is 5.41. The molecule has 0 fully saturated rings. The van der Waals surface area contributed by atoms with Crippen LogP contribution in [-0.4, -0.2) is 42.4 Å². The molecule has 1 atom stereocenters. The van der Waals surface area contributed by atoms with Gasteiger partial charge in [-0.2, -0.15) is 10.2 Å². The number of aromatic nitrogens is 5. The molecule has 140 valence electrons. The zero-order chi connectivity index (χ0) is 19.6. The summed E-state index contributed by atoms with van der Waals surface area (Å²) < 4.78 is 3.27. The van der Waals surface area contributed by atoms with Crippen molar-refractivity contribution in [1.82, 2.24) is 29.4 Å². The van der Waals surface area contributed by atoms with Gasteiger partial charge in [-0.05, 0) is 37.6 Å². The maximum atomic E-state index is 12.6. The number of nitrogens with zero attached hydrogens (tertiary/aromatic N) is 6. The average Bonchev–Trinajstić information content (AvgIpc) is 3.28. The first-order chi connectivity index (χ1) is 12.9. The van der Waals surface area contributed by atoms with Crippen molar-refractivity contribution in [3.05, 3.63) is 65.0 Å². The molecule has 0 aliphatic heterocycles. The maximum absolute atomic E-state index is 12.6. The second kappa shape index (κ2) is 7.75. The standard InChI is InChI=1S/C19H21ClN6O/c1-13-17(19(20)25(4)23-13)9-10-18(27)24(3)14(2)15-5-7-16(8-6-15)26-12-21-11-22-26/h5-12,14H,1-4H3/b10-9+. The third kappa shape index (κ3) is 3.93. The van der Waals surface area contributed by atoms with Crippen molar-refractivity contribution in [3.8, 4) is 5.69 Å². The second-order valence-electron chi connectivity index (χ2n) is 6.30. The van der Waals surface area contributed by atoms with Gasteiger partial charge < -0.3 is 4.90 Å². The minimum atomic E-state index is -0.109. The van der Waals surface area contributed by atoms with Gasteiger partial charge in [0.05, 0.1) is 17.4 Å². The third-order valence-corrected chi connectivity index (χ3v) is 5.02. The summed E-state index contributed by atoms with van der Waals surface area (Å²) in [5.41, 5.74) is 3.48. The molecule has 1 unspecified atom stereocenters. The molecule has 2 heterocycles. The predicted molar refractivity (Wildman–Crippen MR) is 105 cm³/mol. The lowest BCUT2D eigenvalue weighted by Gasteiger charge is -2.24. The van der Waals surface area contributed by atoms with Gasteiger partial charge in [-0.3, -0.25) is 9.48 Å². The monoisotopic (exact) mass is 384 g/mol. The zero-order valence-electron chi connectivity index (χ0n) is 15.7. The topological polar surface area (TPSA) is 68.8 Å². The molecule has 8 heteroatoms. The lowest BCUT2D eigenvalue weighted by atomic mass is 10.1. The Labute approximate surface area is 162 Å². The van der Waals surface area contributed by atoms with Crippen LogP contribution >= 0.6 is 11.6 Å². The second-order valence-corrected chi connectivity index (χ2v) is 6.66. The smallest absolute Gasteiger partial charge is 0.246 e. The highest BCUT2D eigenvalue weighted by molar-refractivity contribution is 6.31. The summed E-state index contributed by atoms with van der Waals surface area (Å²) in [5, 5.41) is 8.86. The quantitative estimate of drug-likeness (QED) is 0.633. The van der Waals surface area contributed by atoms with Crippen LogP contribution in [-0.2, 0) is 11.8 Å². The van der Waals surface area contributed by atoms with E-state index in [1.807, 2.05) is 38.1 Å². The molecule has 3 aromatic rings. The Hall–Kier alpha value is -2.93. The van der Waals surface area contributed by atoms with Gasteiger partial charge >= 0.3 is 0 Å². The van der Waals surface area contributed by atoms with Crippen LogP contribution in [0.15, 0.2) is 43.0 Å². The molecule has 0 spiro atoms. The van der Waals surface area contributed by atoms with Crippen molar-refractivity contribution in [2.45, 2.75) is 19.9 Å². The van der Waals surface area contributed by atoms with E-state index in [1.165, 1.54) is 12.4 Å². The van der Waals surface area contributed by atoms with E-state index in [2.05, 4.69) is 15.2 Å². The van der Waals surface area contributed by atoms with Gasteiger partial charge in [-0.15, -0.1) is 0 Å². The Balaban J connectivity index is 1.71. The Morgan fingerprint density at radius 1 is 1.30 bits per heavy atom. The molecule has 0 bridgehead atoms. The molecule has 1 amide bonds. The minimum Gasteiger partial charge on any atom is -0.335 e. The molecule has 0 saturated carbocycles. The summed E-state index contributed by atoms with van der Waals surface area (Å²) in [6.45, 7) is 3.84. The molecule has 0 aliphatic rings. The molecule has 2 aromatic heterocycles. The van der Waals surface area contributed by atoms with Gasteiger partial charge in [-0.1, -0.05) is 23.7 Å². The number of amides is 1. The lowest BCUT2D eigenvalue weighted by molar-refractivity contribution is -0.126. The first kappa shape index (κ1) is 18.8. The van der Waals surface area contributed by atoms with E-state index in [4.69, 9.17) is 11.6 Å². The fourth-order valence-electron chi connectivity index (χ4n) is 2.77. The van der Waals surface area contributed by atoms with Crippen molar-refractivity contribution >= 4 is 23.6 Å². The molecular formula is C19H21ClN6O. The first-order valence-corrected chi connectivity index (χ1v) is 8.85. The summed E-state index contributed by atoms with van der Waals surface area (Å²) >= 11 is 6.21. The van der Waals surface area contributed by atoms with Crippen LogP contribution < -0.4 is 0 Å². The van der Waals surface area contributed by atoms with E-state index in [9.17, 15) is 4.79 Å². The number of aryl methyl sites for hydroxylation is 2. The highest BCUT2D eigenvalue weighted by Crippen LogP contribution is 2.22. The number of hydrogen-bond acceptors (Lipinski definition) is 4. The molecular weight excluding hydrogens is 364 g/mol. The Morgan fingerprint density at radius 3 is 2.56 bits per heavy atom. The normalized spacial score (nSPS) is 12.5. The number of likely N-dealkylation sites (N-methyl/N-ethyl adjacent to an activating group) is 1. The van der Waals surface area contributed by atoms with Gasteiger partial charge in [0.15, 0.2) is 0 Å². The number of halogens is 1. The van der Waals surface area contributed by atoms with Crippen LogP contribution in [0.25, 0.3) is 11.8 Å². The highest BCUT2D eigenvalue weighted by Gasteiger charge is 2.16. The van der Waals surface area contributed by atoms with Gasteiger partial charge in [-0.25, -0.2) is 9.67 Å². The summed E-state index contributed by atoms with van der Waals surface area (Å²) in [4.78, 5) is 18.2. The number of hydrogen-bond donors (Lipinski definition) is 0. The van der Waals surface area contributed by atoms with Crippen LogP contribution in [0, 0.1) is 6.92 Å². The number of carbonyl (C=O) groups excluding carboxylic acids is 1. The van der Waals surface area contributed by atoms with E-state index >= 15 is 0 Å². The summed E-state index contributed by atoms with van der Waals surface area (Å²) in [6, 6.07) is 7.78. The van der Waals surface area contributed by atoms with Crippen molar-refractivity contribution in [1.29, 1.82) is 0 Å². The van der Waals surface area contributed by atoms with E-state index < -0.39 is 0 Å². The molecule has 0 saturated heterocycles. The largest absolute Gasteiger partial charge is 0.335 e. The zero-order valence-corrected chi connectivity index (χ0v) is 16.4. The van der Waals surface area contributed by atoms with E-state index in [-0.39, 0.29) is 11.9 Å². The molecule has 27 heavy (non-hydrogen) atoms. The Bertz CT molecular complexity index is 959. The van der Waals surface area contributed by atoms with Crippen LogP contribution in [0.3, 0.4) is 0 Å². The third-order valence-electron chi connectivity index (χ3n) is 4.58. The van der Waals surface area contributed by atoms with Gasteiger partial charge in [0.1, 0.15) is 17.8 Å². The molecule has 7 nitrogen and oxygen atoms in total. The summed E-state index contributed by atoms with van der Waals surface area (Å²) in [6.07, 6.45) is 6.37. The van der Waals surface area contributed by atoms with E-state index in [0.717, 1.165) is 22.5 Å². The maximum Gasteiger partial charge on any atom is 0.246 e. The predicted octanol–water partition coefficient (Wildman–Crippen LogP) is 3.20. The van der Waals surface area contributed by atoms with Gasteiger partial charge in [0, 0.05) is 25.7 Å². The van der Waals surface area contributed by atoms with Gasteiger partial charge in [0.2, 0.25) is 5.91 Å². The number of carbonyl (C=O) groups is 1. The lowest BCUT2D eigenvalue weighted by Crippen LogP contribution is -2.28. The molecule has 1 aromatic carbocycles. The SMILES string of the molecule is Cc1nn(C)c(Cl)c1/C=C/C(=O)N(C)C(C)c1ccc(-n2cncn2)cc1. The highest BCUT2D eigenvalue weighted by atomic mass is 35.5. The number of benzene rings is 1. The van der Waals surface area contributed by atoms with Crippen molar-refractivity contribution in [2.24, 2.45) is 7.05 Å². The van der Waals surface area contributed by atoms with Gasteiger partial charge in [0.25, 0.3) is 0 Å². The fraction of sp³-hybridized carbons (Fsp3) is 0.263. The van der Waals surface area contributed by atoms with Crippen LogP contribution in [0.2, 0.25) is 5.15 Å². The van der Waals surface area contributed by atoms with E-state index in [0.29, 0.717) is 5.15 Å². The summed E-state index contributed by atoms with van der Waals surface area (Å²) in [5.74, 6) is -0.109. The molecule has 3 rings (SSSR count). The molecule has 0 N–H and O–H groups in total. The number of rotatable bonds is 5. The average molecular weight is 385 g/mol. The van der Waals surface area contributed by atoms with Crippen LogP contribution in [0.4, 0.5) is 0 Å². The first-order valence-electron chi connectivity index (χ1n) is 8.47. The van der Waals surface area contributed by atoms with Crippen LogP contribution in [0.1, 0.15) is 29.8 Å².